The van der Waals surface area contributed by atoms with Crippen LogP contribution < -0.4 is 15.6 Å². The number of nitriles is 1. The average molecular weight is 441 g/mol. The topological polar surface area (TPSA) is 108 Å². The van der Waals surface area contributed by atoms with E-state index in [0.717, 1.165) is 16.8 Å². The lowest BCUT2D eigenvalue weighted by Gasteiger charge is -2.22. The number of amides is 2. The number of para-hydroxylation sites is 1. The van der Waals surface area contributed by atoms with Crippen molar-refractivity contribution in [2.75, 3.05) is 11.9 Å². The molecular weight excluding hydrogens is 418 g/mol. The molecule has 2 aromatic carbocycles. The fraction of sp³-hybridized carbons (Fsp3) is 0.240. The predicted molar refractivity (Wildman–Crippen MR) is 123 cm³/mol. The van der Waals surface area contributed by atoms with E-state index in [4.69, 9.17) is 0 Å². The first-order valence-electron chi connectivity index (χ1n) is 10.6. The van der Waals surface area contributed by atoms with Gasteiger partial charge in [0.15, 0.2) is 5.69 Å². The van der Waals surface area contributed by atoms with Gasteiger partial charge in [-0.2, -0.15) is 10.4 Å². The van der Waals surface area contributed by atoms with Crippen LogP contribution in [0.5, 0.6) is 0 Å². The number of likely N-dealkylation sites (N-methyl/N-ethyl adjacent to an activating group) is 1. The van der Waals surface area contributed by atoms with E-state index in [1.807, 2.05) is 37.3 Å². The van der Waals surface area contributed by atoms with Gasteiger partial charge in [-0.05, 0) is 50.5 Å². The molecule has 166 valence electrons. The quantitative estimate of drug-likeness (QED) is 0.672. The third-order valence-electron chi connectivity index (χ3n) is 5.88. The molecule has 8 heteroatoms. The minimum Gasteiger partial charge on any atom is -0.339 e. The van der Waals surface area contributed by atoms with Crippen LogP contribution in [-0.4, -0.2) is 34.7 Å². The first-order valence-corrected chi connectivity index (χ1v) is 10.6. The minimum absolute atomic E-state index is 0.161. The van der Waals surface area contributed by atoms with Crippen LogP contribution in [0.1, 0.15) is 39.3 Å². The molecule has 0 saturated carbocycles. The van der Waals surface area contributed by atoms with Crippen LogP contribution in [0.15, 0.2) is 53.3 Å². The third kappa shape index (κ3) is 4.01. The number of anilines is 1. The van der Waals surface area contributed by atoms with E-state index in [1.165, 1.54) is 9.58 Å². The van der Waals surface area contributed by atoms with Gasteiger partial charge in [-0.25, -0.2) is 4.68 Å². The normalized spacial score (nSPS) is 15.4. The standard InChI is InChI=1S/C25H23N5O3/c1-15-9-12-21-17(13-15)10-11-20(25(33)29(21)3)27-24(32)22-23(31)19(14-26)16(2)30(28-22)18-7-5-4-6-8-18/h4-9,12-13,20H,10-11H2,1-3H3,(H,27,32). The Morgan fingerprint density at radius 2 is 1.88 bits per heavy atom. The summed E-state index contributed by atoms with van der Waals surface area (Å²) in [7, 11) is 1.67. The lowest BCUT2D eigenvalue weighted by molar-refractivity contribution is -0.120. The molecule has 4 rings (SSSR count). The fourth-order valence-corrected chi connectivity index (χ4v) is 4.09. The predicted octanol–water partition coefficient (Wildman–Crippen LogP) is 2.43. The van der Waals surface area contributed by atoms with Gasteiger partial charge in [-0.1, -0.05) is 35.9 Å². The van der Waals surface area contributed by atoms with Crippen molar-refractivity contribution in [1.82, 2.24) is 15.1 Å². The molecule has 2 amide bonds. The Morgan fingerprint density at radius 1 is 1.15 bits per heavy atom. The summed E-state index contributed by atoms with van der Waals surface area (Å²) >= 11 is 0. The molecule has 0 saturated heterocycles. The summed E-state index contributed by atoms with van der Waals surface area (Å²) < 4.78 is 1.40. The Hall–Kier alpha value is -4.25. The van der Waals surface area contributed by atoms with Crippen LogP contribution in [0.4, 0.5) is 5.69 Å². The van der Waals surface area contributed by atoms with E-state index in [1.54, 1.807) is 38.2 Å². The molecule has 1 atom stereocenters. The molecule has 1 aliphatic heterocycles. The number of aryl methyl sites for hydroxylation is 2. The Kier molecular flexibility index (Phi) is 5.80. The number of carbonyl (C=O) groups is 2. The smallest absolute Gasteiger partial charge is 0.276 e. The second-order valence-corrected chi connectivity index (χ2v) is 8.09. The van der Waals surface area contributed by atoms with Crippen LogP contribution >= 0.6 is 0 Å². The van der Waals surface area contributed by atoms with E-state index in [0.29, 0.717) is 24.2 Å². The van der Waals surface area contributed by atoms with Crippen LogP contribution in [0, 0.1) is 25.2 Å². The first-order chi connectivity index (χ1) is 15.8. The molecular formula is C25H23N5O3. The van der Waals surface area contributed by atoms with E-state index in [2.05, 4.69) is 10.4 Å². The van der Waals surface area contributed by atoms with Gasteiger partial charge in [0, 0.05) is 12.7 Å². The summed E-state index contributed by atoms with van der Waals surface area (Å²) in [6, 6.07) is 15.9. The van der Waals surface area contributed by atoms with Crippen molar-refractivity contribution < 1.29 is 9.59 Å². The largest absolute Gasteiger partial charge is 0.339 e. The summed E-state index contributed by atoms with van der Waals surface area (Å²) in [5, 5.41) is 16.5. The highest BCUT2D eigenvalue weighted by molar-refractivity contribution is 6.02. The van der Waals surface area contributed by atoms with Gasteiger partial charge < -0.3 is 10.2 Å². The SMILES string of the molecule is Cc1ccc2c(c1)CCC(NC(=O)c1nn(-c3ccccc3)c(C)c(C#N)c1=O)C(=O)N2C. The zero-order valence-electron chi connectivity index (χ0n) is 18.6. The Bertz CT molecular complexity index is 1350. The molecule has 0 fully saturated rings. The molecule has 33 heavy (non-hydrogen) atoms. The van der Waals surface area contributed by atoms with E-state index in [-0.39, 0.29) is 11.5 Å². The van der Waals surface area contributed by atoms with E-state index >= 15 is 0 Å². The molecule has 2 heterocycles. The maximum Gasteiger partial charge on any atom is 0.276 e. The molecule has 1 N–H and O–H groups in total. The monoisotopic (exact) mass is 441 g/mol. The van der Waals surface area contributed by atoms with Crippen molar-refractivity contribution in [2.24, 2.45) is 0 Å². The van der Waals surface area contributed by atoms with Crippen LogP contribution in [-0.2, 0) is 11.2 Å². The zero-order chi connectivity index (χ0) is 23.7. The maximum absolute atomic E-state index is 13.1. The van der Waals surface area contributed by atoms with Crippen molar-refractivity contribution in [3.8, 4) is 11.8 Å². The fourth-order valence-electron chi connectivity index (χ4n) is 4.09. The third-order valence-corrected chi connectivity index (χ3v) is 5.88. The number of fused-ring (bicyclic) bond motifs is 1. The van der Waals surface area contributed by atoms with Gasteiger partial charge in [0.1, 0.15) is 17.7 Å². The Balaban J connectivity index is 1.69. The maximum atomic E-state index is 13.1. The van der Waals surface area contributed by atoms with Crippen LogP contribution in [0.25, 0.3) is 5.69 Å². The molecule has 1 aliphatic rings. The summed E-state index contributed by atoms with van der Waals surface area (Å²) in [6.07, 6.45) is 0.978. The molecule has 1 unspecified atom stereocenters. The first kappa shape index (κ1) is 22.0. The highest BCUT2D eigenvalue weighted by atomic mass is 16.2. The van der Waals surface area contributed by atoms with Crippen molar-refractivity contribution >= 4 is 17.5 Å². The van der Waals surface area contributed by atoms with E-state index < -0.39 is 23.1 Å². The summed E-state index contributed by atoms with van der Waals surface area (Å²) in [5.74, 6) is -1.06. The molecule has 1 aromatic heterocycles. The summed E-state index contributed by atoms with van der Waals surface area (Å²) in [4.78, 5) is 40.6. The van der Waals surface area contributed by atoms with Gasteiger partial charge in [-0.15, -0.1) is 0 Å². The van der Waals surface area contributed by atoms with Crippen molar-refractivity contribution in [3.63, 3.8) is 0 Å². The lowest BCUT2D eigenvalue weighted by Crippen LogP contribution is -2.48. The Labute approximate surface area is 191 Å². The highest BCUT2D eigenvalue weighted by Gasteiger charge is 2.31. The number of rotatable bonds is 3. The Morgan fingerprint density at radius 3 is 2.58 bits per heavy atom. The van der Waals surface area contributed by atoms with Gasteiger partial charge in [-0.3, -0.25) is 14.4 Å². The van der Waals surface area contributed by atoms with E-state index in [9.17, 15) is 19.6 Å². The van der Waals surface area contributed by atoms with Gasteiger partial charge in [0.2, 0.25) is 11.3 Å². The zero-order valence-corrected chi connectivity index (χ0v) is 18.6. The summed E-state index contributed by atoms with van der Waals surface area (Å²) in [6.45, 7) is 3.59. The number of benzene rings is 2. The number of carbonyl (C=O) groups excluding carboxylic acids is 2. The molecule has 3 aromatic rings. The number of aromatic nitrogens is 2. The molecule has 8 nitrogen and oxygen atoms in total. The molecule has 0 bridgehead atoms. The van der Waals surface area contributed by atoms with Gasteiger partial charge in [0.05, 0.1) is 11.4 Å². The molecule has 0 aliphatic carbocycles. The highest BCUT2D eigenvalue weighted by Crippen LogP contribution is 2.27. The second kappa shape index (κ2) is 8.71. The van der Waals surface area contributed by atoms with Gasteiger partial charge >= 0.3 is 0 Å². The minimum atomic E-state index is -0.826. The number of nitrogens with one attached hydrogen (secondary N) is 1. The van der Waals surface area contributed by atoms with Crippen molar-refractivity contribution in [3.05, 3.63) is 86.8 Å². The lowest BCUT2D eigenvalue weighted by atomic mass is 10.0. The van der Waals surface area contributed by atoms with Crippen LogP contribution in [0.2, 0.25) is 0 Å². The average Bonchev–Trinajstić information content (AvgIpc) is 2.92. The van der Waals surface area contributed by atoms with Gasteiger partial charge in [0.25, 0.3) is 5.91 Å². The number of hydrogen-bond acceptors (Lipinski definition) is 5. The van der Waals surface area contributed by atoms with Crippen molar-refractivity contribution in [2.45, 2.75) is 32.7 Å². The van der Waals surface area contributed by atoms with Crippen molar-refractivity contribution in [1.29, 1.82) is 5.26 Å². The molecule has 0 spiro atoms. The molecule has 0 radical (unpaired) electrons. The second-order valence-electron chi connectivity index (χ2n) is 8.09. The number of hydrogen-bond donors (Lipinski definition) is 1. The van der Waals surface area contributed by atoms with Crippen LogP contribution in [0.3, 0.4) is 0 Å². The summed E-state index contributed by atoms with van der Waals surface area (Å²) in [5.41, 5.74) is 2.51. The number of nitrogens with zero attached hydrogens (tertiary/aromatic N) is 4.